The molecule has 0 bridgehead atoms. The summed E-state index contributed by atoms with van der Waals surface area (Å²) in [6.45, 7) is 7.16. The van der Waals surface area contributed by atoms with E-state index in [0.717, 1.165) is 44.6 Å². The van der Waals surface area contributed by atoms with Gasteiger partial charge in [0.25, 0.3) is 0 Å². The predicted octanol–water partition coefficient (Wildman–Crippen LogP) is 2.56. The molecule has 0 radical (unpaired) electrons. The number of piperidine rings is 1. The first-order chi connectivity index (χ1) is 12.0. The molecule has 0 saturated carbocycles. The number of amides is 2. The van der Waals surface area contributed by atoms with Gasteiger partial charge in [-0.15, -0.1) is 0 Å². The van der Waals surface area contributed by atoms with E-state index in [1.807, 2.05) is 30.0 Å². The maximum atomic E-state index is 12.7. The van der Waals surface area contributed by atoms with Crippen molar-refractivity contribution in [2.24, 2.45) is 0 Å². The van der Waals surface area contributed by atoms with Crippen LogP contribution in [0, 0.1) is 0 Å². The molecule has 138 valence electrons. The average molecular weight is 345 g/mol. The normalized spacial score (nSPS) is 23.2. The van der Waals surface area contributed by atoms with Crippen LogP contribution in [0.4, 0.5) is 4.79 Å². The van der Waals surface area contributed by atoms with Crippen molar-refractivity contribution < 1.29 is 4.79 Å². The second-order valence-electron chi connectivity index (χ2n) is 7.81. The van der Waals surface area contributed by atoms with Crippen LogP contribution >= 0.6 is 0 Å². The van der Waals surface area contributed by atoms with E-state index in [1.165, 1.54) is 13.0 Å². The van der Waals surface area contributed by atoms with Crippen LogP contribution in [0.3, 0.4) is 0 Å². The summed E-state index contributed by atoms with van der Waals surface area (Å²) < 4.78 is 0. The van der Waals surface area contributed by atoms with Crippen LogP contribution < -0.4 is 5.32 Å². The van der Waals surface area contributed by atoms with Crippen molar-refractivity contribution in [3.8, 4) is 0 Å². The highest BCUT2D eigenvalue weighted by molar-refractivity contribution is 5.74. The van der Waals surface area contributed by atoms with Gasteiger partial charge in [0.15, 0.2) is 0 Å². The zero-order valence-corrected chi connectivity index (χ0v) is 15.9. The van der Waals surface area contributed by atoms with Crippen LogP contribution in [-0.4, -0.2) is 73.1 Å². The highest BCUT2D eigenvalue weighted by Crippen LogP contribution is 2.31. The van der Waals surface area contributed by atoms with Gasteiger partial charge >= 0.3 is 6.03 Å². The Balaban J connectivity index is 1.57. The summed E-state index contributed by atoms with van der Waals surface area (Å²) in [7, 11) is 4.48. The monoisotopic (exact) mass is 344 g/mol. The number of likely N-dealkylation sites (N-methyl/N-ethyl adjacent to an activating group) is 2. The lowest BCUT2D eigenvalue weighted by molar-refractivity contribution is 0.0420. The van der Waals surface area contributed by atoms with E-state index in [0.29, 0.717) is 0 Å². The molecule has 0 aliphatic carbocycles. The summed E-state index contributed by atoms with van der Waals surface area (Å²) in [5.41, 5.74) is 1.38. The Labute approximate surface area is 152 Å². The third-order valence-electron chi connectivity index (χ3n) is 6.03. The molecule has 1 aromatic rings. The molecule has 1 atom stereocenters. The van der Waals surface area contributed by atoms with Crippen LogP contribution in [0.2, 0.25) is 0 Å². The molecule has 2 saturated heterocycles. The lowest BCUT2D eigenvalue weighted by atomic mass is 9.85. The lowest BCUT2D eigenvalue weighted by Gasteiger charge is -2.47. The molecular weight excluding hydrogens is 312 g/mol. The number of likely N-dealkylation sites (tertiary alicyclic amines) is 1. The molecule has 2 heterocycles. The Bertz CT molecular complexity index is 568. The maximum Gasteiger partial charge on any atom is 0.317 e. The Morgan fingerprint density at radius 3 is 2.44 bits per heavy atom. The smallest absolute Gasteiger partial charge is 0.317 e. The Morgan fingerprint density at radius 2 is 1.76 bits per heavy atom. The van der Waals surface area contributed by atoms with Gasteiger partial charge in [-0.2, -0.15) is 0 Å². The van der Waals surface area contributed by atoms with Gasteiger partial charge in [-0.1, -0.05) is 30.3 Å². The molecular formula is C20H32N4O. The number of hydrogen-bond acceptors (Lipinski definition) is 3. The van der Waals surface area contributed by atoms with Crippen LogP contribution in [0.25, 0.3) is 0 Å². The highest BCUT2D eigenvalue weighted by Gasteiger charge is 2.41. The quantitative estimate of drug-likeness (QED) is 0.896. The standard InChI is InChI=1S/C20H32N4O/c1-17(18-8-5-4-6-9-18)21-19(25)24-14-10-20(11-15-24)16-22(2)12-7-13-23(20)3/h4-6,8-9,17H,7,10-16H2,1-3H3,(H,21,25)/t17-/m0/s1. The molecule has 1 spiro atoms. The molecule has 0 aromatic heterocycles. The maximum absolute atomic E-state index is 12.7. The van der Waals surface area contributed by atoms with E-state index in [1.54, 1.807) is 0 Å². The number of urea groups is 1. The van der Waals surface area contributed by atoms with Crippen molar-refractivity contribution in [1.82, 2.24) is 20.0 Å². The number of carbonyl (C=O) groups is 1. The highest BCUT2D eigenvalue weighted by atomic mass is 16.2. The number of benzene rings is 1. The summed E-state index contributed by atoms with van der Waals surface area (Å²) >= 11 is 0. The molecule has 2 aliphatic heterocycles. The van der Waals surface area contributed by atoms with Crippen LogP contribution in [0.1, 0.15) is 37.8 Å². The zero-order valence-electron chi connectivity index (χ0n) is 15.9. The fraction of sp³-hybridized carbons (Fsp3) is 0.650. The van der Waals surface area contributed by atoms with Gasteiger partial charge in [0.1, 0.15) is 0 Å². The Hall–Kier alpha value is -1.59. The summed E-state index contributed by atoms with van der Waals surface area (Å²) in [6, 6.07) is 10.3. The summed E-state index contributed by atoms with van der Waals surface area (Å²) in [5, 5.41) is 3.15. The topological polar surface area (TPSA) is 38.8 Å². The average Bonchev–Trinajstić information content (AvgIpc) is 2.75. The number of nitrogens with one attached hydrogen (secondary N) is 1. The number of rotatable bonds is 2. The van der Waals surface area contributed by atoms with Crippen molar-refractivity contribution in [3.63, 3.8) is 0 Å². The van der Waals surface area contributed by atoms with Gasteiger partial charge in [0, 0.05) is 25.2 Å². The van der Waals surface area contributed by atoms with Gasteiger partial charge in [-0.05, 0) is 58.9 Å². The predicted molar refractivity (Wildman–Crippen MR) is 102 cm³/mol. The summed E-state index contributed by atoms with van der Waals surface area (Å²) in [6.07, 6.45) is 3.34. The Morgan fingerprint density at radius 1 is 1.08 bits per heavy atom. The molecule has 1 aromatic carbocycles. The van der Waals surface area contributed by atoms with Gasteiger partial charge in [-0.3, -0.25) is 4.90 Å². The SMILES string of the molecule is C[C@H](NC(=O)N1CCC2(CC1)CN(C)CCCN2C)c1ccccc1. The van der Waals surface area contributed by atoms with E-state index in [-0.39, 0.29) is 17.6 Å². The van der Waals surface area contributed by atoms with E-state index in [4.69, 9.17) is 0 Å². The van der Waals surface area contributed by atoms with Crippen molar-refractivity contribution in [1.29, 1.82) is 0 Å². The first-order valence-corrected chi connectivity index (χ1v) is 9.50. The van der Waals surface area contributed by atoms with Crippen LogP contribution in [-0.2, 0) is 0 Å². The van der Waals surface area contributed by atoms with Crippen molar-refractivity contribution in [3.05, 3.63) is 35.9 Å². The summed E-state index contributed by atoms with van der Waals surface area (Å²) in [4.78, 5) is 19.6. The van der Waals surface area contributed by atoms with Crippen molar-refractivity contribution in [2.45, 2.75) is 37.8 Å². The van der Waals surface area contributed by atoms with E-state index in [9.17, 15) is 4.79 Å². The fourth-order valence-corrected chi connectivity index (χ4v) is 4.28. The van der Waals surface area contributed by atoms with E-state index in [2.05, 4.69) is 41.3 Å². The van der Waals surface area contributed by atoms with Gasteiger partial charge in [0.05, 0.1) is 6.04 Å². The second-order valence-corrected chi connectivity index (χ2v) is 7.81. The molecule has 2 aliphatic rings. The second kappa shape index (κ2) is 7.75. The Kier molecular flexibility index (Phi) is 5.64. The van der Waals surface area contributed by atoms with Gasteiger partial charge in [0.2, 0.25) is 0 Å². The number of hydrogen-bond donors (Lipinski definition) is 1. The van der Waals surface area contributed by atoms with E-state index < -0.39 is 0 Å². The molecule has 2 fully saturated rings. The largest absolute Gasteiger partial charge is 0.331 e. The van der Waals surface area contributed by atoms with Gasteiger partial charge < -0.3 is 15.1 Å². The molecule has 25 heavy (non-hydrogen) atoms. The van der Waals surface area contributed by atoms with Crippen molar-refractivity contribution >= 4 is 6.03 Å². The third kappa shape index (κ3) is 4.15. The van der Waals surface area contributed by atoms with Crippen molar-refractivity contribution in [2.75, 3.05) is 46.8 Å². The van der Waals surface area contributed by atoms with Crippen LogP contribution in [0.15, 0.2) is 30.3 Å². The van der Waals surface area contributed by atoms with E-state index >= 15 is 0 Å². The molecule has 5 nitrogen and oxygen atoms in total. The van der Waals surface area contributed by atoms with Crippen LogP contribution in [0.5, 0.6) is 0 Å². The molecule has 1 N–H and O–H groups in total. The minimum Gasteiger partial charge on any atom is -0.331 e. The first-order valence-electron chi connectivity index (χ1n) is 9.50. The molecule has 5 heteroatoms. The minimum atomic E-state index is 0.0382. The summed E-state index contributed by atoms with van der Waals surface area (Å²) in [5.74, 6) is 0. The molecule has 0 unspecified atom stereocenters. The number of nitrogens with zero attached hydrogens (tertiary/aromatic N) is 3. The lowest BCUT2D eigenvalue weighted by Crippen LogP contribution is -2.59. The molecule has 2 amide bonds. The number of carbonyl (C=O) groups excluding carboxylic acids is 1. The zero-order chi connectivity index (χ0) is 17.9. The first kappa shape index (κ1) is 18.2. The fourth-order valence-electron chi connectivity index (χ4n) is 4.28. The van der Waals surface area contributed by atoms with Gasteiger partial charge in [-0.25, -0.2) is 4.79 Å². The molecule has 3 rings (SSSR count). The third-order valence-corrected chi connectivity index (χ3v) is 6.03. The minimum absolute atomic E-state index is 0.0382.